The summed E-state index contributed by atoms with van der Waals surface area (Å²) in [7, 11) is 0. The zero-order chi connectivity index (χ0) is 14.7. The topological polar surface area (TPSA) is 28.4 Å². The minimum absolute atomic E-state index is 0.687. The number of nitrogens with zero attached hydrogens (tertiary/aromatic N) is 1. The van der Waals surface area contributed by atoms with Gasteiger partial charge in [0.25, 0.3) is 0 Å². The molecule has 0 radical (unpaired) electrons. The standard InChI is InChI=1S/C18H24N2O/c1-3-19-11-16-8-9-21-18(16)13-20-12-14(2)10-15-6-4-5-7-17(15)20/h4-9,14,19H,3,10-13H2,1-2H3. The highest BCUT2D eigenvalue weighted by Gasteiger charge is 2.22. The lowest BCUT2D eigenvalue weighted by atomic mass is 9.94. The van der Waals surface area contributed by atoms with Gasteiger partial charge in [-0.2, -0.15) is 0 Å². The molecule has 1 aliphatic rings. The molecule has 1 unspecified atom stereocenters. The Morgan fingerprint density at radius 3 is 3.00 bits per heavy atom. The lowest BCUT2D eigenvalue weighted by molar-refractivity contribution is 0.468. The van der Waals surface area contributed by atoms with Gasteiger partial charge in [-0.1, -0.05) is 32.0 Å². The maximum absolute atomic E-state index is 5.73. The van der Waals surface area contributed by atoms with Gasteiger partial charge in [0.05, 0.1) is 12.8 Å². The first-order valence-electron chi connectivity index (χ1n) is 7.86. The molecule has 0 bridgehead atoms. The van der Waals surface area contributed by atoms with Crippen molar-refractivity contribution < 1.29 is 4.42 Å². The Hall–Kier alpha value is -1.74. The molecule has 3 heteroatoms. The highest BCUT2D eigenvalue weighted by Crippen LogP contribution is 2.31. The molecule has 0 fully saturated rings. The Balaban J connectivity index is 1.80. The number of hydrogen-bond acceptors (Lipinski definition) is 3. The van der Waals surface area contributed by atoms with Gasteiger partial charge in [0.15, 0.2) is 0 Å². The second kappa shape index (κ2) is 6.35. The molecule has 21 heavy (non-hydrogen) atoms. The van der Waals surface area contributed by atoms with Gasteiger partial charge < -0.3 is 14.6 Å². The minimum Gasteiger partial charge on any atom is -0.467 e. The van der Waals surface area contributed by atoms with Crippen molar-refractivity contribution in [3.05, 3.63) is 53.5 Å². The van der Waals surface area contributed by atoms with Crippen molar-refractivity contribution in [2.24, 2.45) is 5.92 Å². The van der Waals surface area contributed by atoms with E-state index in [0.717, 1.165) is 31.9 Å². The largest absolute Gasteiger partial charge is 0.467 e. The van der Waals surface area contributed by atoms with Gasteiger partial charge in [-0.3, -0.25) is 0 Å². The number of furan rings is 1. The van der Waals surface area contributed by atoms with Crippen molar-refractivity contribution in [2.45, 2.75) is 33.4 Å². The number of para-hydroxylation sites is 1. The zero-order valence-corrected chi connectivity index (χ0v) is 12.9. The zero-order valence-electron chi connectivity index (χ0n) is 12.9. The Kier molecular flexibility index (Phi) is 4.30. The van der Waals surface area contributed by atoms with Crippen LogP contribution in [0.5, 0.6) is 0 Å². The first-order chi connectivity index (χ1) is 10.3. The van der Waals surface area contributed by atoms with Crippen molar-refractivity contribution in [3.8, 4) is 0 Å². The van der Waals surface area contributed by atoms with Crippen LogP contribution in [0.1, 0.15) is 30.7 Å². The first kappa shape index (κ1) is 14.2. The summed E-state index contributed by atoms with van der Waals surface area (Å²) < 4.78 is 5.73. The van der Waals surface area contributed by atoms with Gasteiger partial charge in [0.2, 0.25) is 0 Å². The highest BCUT2D eigenvalue weighted by atomic mass is 16.3. The van der Waals surface area contributed by atoms with Gasteiger partial charge >= 0.3 is 0 Å². The summed E-state index contributed by atoms with van der Waals surface area (Å²) in [5, 5.41) is 3.38. The van der Waals surface area contributed by atoms with Crippen LogP contribution >= 0.6 is 0 Å². The monoisotopic (exact) mass is 284 g/mol. The van der Waals surface area contributed by atoms with E-state index in [2.05, 4.69) is 54.4 Å². The molecule has 0 aliphatic carbocycles. The average Bonchev–Trinajstić information content (AvgIpc) is 2.92. The molecule has 1 aromatic carbocycles. The van der Waals surface area contributed by atoms with E-state index in [1.807, 2.05) is 0 Å². The molecule has 1 aliphatic heterocycles. The molecule has 0 saturated heterocycles. The van der Waals surface area contributed by atoms with E-state index in [-0.39, 0.29) is 0 Å². The lowest BCUT2D eigenvalue weighted by Crippen LogP contribution is -2.34. The summed E-state index contributed by atoms with van der Waals surface area (Å²) in [6.45, 7) is 8.27. The fourth-order valence-electron chi connectivity index (χ4n) is 3.15. The Morgan fingerprint density at radius 2 is 2.14 bits per heavy atom. The molecule has 2 heterocycles. The number of fused-ring (bicyclic) bond motifs is 1. The summed E-state index contributed by atoms with van der Waals surface area (Å²) >= 11 is 0. The fourth-order valence-corrected chi connectivity index (χ4v) is 3.15. The maximum atomic E-state index is 5.73. The lowest BCUT2D eigenvalue weighted by Gasteiger charge is -2.34. The van der Waals surface area contributed by atoms with Crippen LogP contribution < -0.4 is 10.2 Å². The predicted octanol–water partition coefficient (Wildman–Crippen LogP) is 3.59. The molecule has 3 rings (SSSR count). The highest BCUT2D eigenvalue weighted by molar-refractivity contribution is 5.56. The van der Waals surface area contributed by atoms with Crippen molar-refractivity contribution in [2.75, 3.05) is 18.0 Å². The molecule has 3 nitrogen and oxygen atoms in total. The summed E-state index contributed by atoms with van der Waals surface area (Å²) in [5.41, 5.74) is 4.09. The number of hydrogen-bond donors (Lipinski definition) is 1. The van der Waals surface area contributed by atoms with Crippen LogP contribution in [0.4, 0.5) is 5.69 Å². The Morgan fingerprint density at radius 1 is 1.29 bits per heavy atom. The van der Waals surface area contributed by atoms with Crippen LogP contribution in [-0.4, -0.2) is 13.1 Å². The van der Waals surface area contributed by atoms with Crippen molar-refractivity contribution in [1.29, 1.82) is 0 Å². The van der Waals surface area contributed by atoms with Crippen LogP contribution in [0.2, 0.25) is 0 Å². The summed E-state index contributed by atoms with van der Waals surface area (Å²) in [6.07, 6.45) is 2.98. The smallest absolute Gasteiger partial charge is 0.127 e. The summed E-state index contributed by atoms with van der Waals surface area (Å²) in [6, 6.07) is 10.8. The maximum Gasteiger partial charge on any atom is 0.127 e. The third-order valence-electron chi connectivity index (χ3n) is 4.17. The predicted molar refractivity (Wildman–Crippen MR) is 86.4 cm³/mol. The van der Waals surface area contributed by atoms with Crippen molar-refractivity contribution in [1.82, 2.24) is 5.32 Å². The Bertz CT molecular complexity index is 590. The van der Waals surface area contributed by atoms with E-state index in [4.69, 9.17) is 4.42 Å². The second-order valence-corrected chi connectivity index (χ2v) is 5.97. The van der Waals surface area contributed by atoms with Gasteiger partial charge in [-0.05, 0) is 36.6 Å². The fraction of sp³-hybridized carbons (Fsp3) is 0.444. The molecular weight excluding hydrogens is 260 g/mol. The third-order valence-corrected chi connectivity index (χ3v) is 4.17. The van der Waals surface area contributed by atoms with E-state index in [0.29, 0.717) is 5.92 Å². The molecule has 0 saturated carbocycles. The van der Waals surface area contributed by atoms with Crippen molar-refractivity contribution >= 4 is 5.69 Å². The van der Waals surface area contributed by atoms with Gasteiger partial charge in [0.1, 0.15) is 5.76 Å². The van der Waals surface area contributed by atoms with Gasteiger partial charge in [-0.25, -0.2) is 0 Å². The molecular formula is C18H24N2O. The molecule has 1 N–H and O–H groups in total. The van der Waals surface area contributed by atoms with Crippen LogP contribution in [0.15, 0.2) is 41.0 Å². The number of benzene rings is 1. The van der Waals surface area contributed by atoms with Crippen LogP contribution in [0, 0.1) is 5.92 Å². The third kappa shape index (κ3) is 3.13. The van der Waals surface area contributed by atoms with Crippen LogP contribution in [-0.2, 0) is 19.5 Å². The molecule has 0 amide bonds. The summed E-state index contributed by atoms with van der Waals surface area (Å²) in [5.74, 6) is 1.77. The normalized spacial score (nSPS) is 17.8. The molecule has 1 atom stereocenters. The number of nitrogens with one attached hydrogen (secondary N) is 1. The molecule has 1 aromatic heterocycles. The SMILES string of the molecule is CCNCc1ccoc1CN1CC(C)Cc2ccccc21. The minimum atomic E-state index is 0.687. The molecule has 112 valence electrons. The Labute approximate surface area is 127 Å². The van der Waals surface area contributed by atoms with Gasteiger partial charge in [0, 0.05) is 24.3 Å². The van der Waals surface area contributed by atoms with E-state index in [1.54, 1.807) is 6.26 Å². The van der Waals surface area contributed by atoms with Gasteiger partial charge in [-0.15, -0.1) is 0 Å². The average molecular weight is 284 g/mol. The van der Waals surface area contributed by atoms with E-state index >= 15 is 0 Å². The number of rotatable bonds is 5. The number of anilines is 1. The summed E-state index contributed by atoms with van der Waals surface area (Å²) in [4.78, 5) is 2.46. The quantitative estimate of drug-likeness (QED) is 0.909. The first-order valence-corrected chi connectivity index (χ1v) is 7.86. The van der Waals surface area contributed by atoms with Crippen molar-refractivity contribution in [3.63, 3.8) is 0 Å². The van der Waals surface area contributed by atoms with E-state index in [9.17, 15) is 0 Å². The van der Waals surface area contributed by atoms with Crippen LogP contribution in [0.3, 0.4) is 0 Å². The molecule has 2 aromatic rings. The molecule has 0 spiro atoms. The van der Waals surface area contributed by atoms with Crippen LogP contribution in [0.25, 0.3) is 0 Å². The van der Waals surface area contributed by atoms with E-state index in [1.165, 1.54) is 23.2 Å². The van der Waals surface area contributed by atoms with E-state index < -0.39 is 0 Å². The second-order valence-electron chi connectivity index (χ2n) is 5.97.